The van der Waals surface area contributed by atoms with Crippen molar-refractivity contribution in [3.05, 3.63) is 47.0 Å². The van der Waals surface area contributed by atoms with E-state index in [1.54, 1.807) is 5.38 Å². The van der Waals surface area contributed by atoms with Gasteiger partial charge in [-0.15, -0.1) is 11.3 Å². The summed E-state index contributed by atoms with van der Waals surface area (Å²) in [7, 11) is 0. The molecule has 110 valence electrons. The first-order chi connectivity index (χ1) is 10.1. The third-order valence-electron chi connectivity index (χ3n) is 3.02. The molecule has 0 aliphatic heterocycles. The van der Waals surface area contributed by atoms with Crippen LogP contribution in [0.4, 0.5) is 5.13 Å². The summed E-state index contributed by atoms with van der Waals surface area (Å²) in [6.07, 6.45) is 0.867. The minimum absolute atomic E-state index is 0.113. The zero-order valence-electron chi connectivity index (χ0n) is 11.7. The Balaban J connectivity index is 1.83. The zero-order chi connectivity index (χ0) is 15.2. The summed E-state index contributed by atoms with van der Waals surface area (Å²) < 4.78 is 0. The lowest BCUT2D eigenvalue weighted by atomic mass is 10.0. The van der Waals surface area contributed by atoms with Gasteiger partial charge in [0.1, 0.15) is 5.69 Å². The van der Waals surface area contributed by atoms with E-state index in [-0.39, 0.29) is 17.7 Å². The van der Waals surface area contributed by atoms with Crippen LogP contribution in [0.25, 0.3) is 0 Å². The predicted octanol–water partition coefficient (Wildman–Crippen LogP) is 2.76. The van der Waals surface area contributed by atoms with E-state index in [0.717, 1.165) is 5.56 Å². The molecule has 5 nitrogen and oxygen atoms in total. The summed E-state index contributed by atoms with van der Waals surface area (Å²) >= 11 is 1.24. The normalized spacial score (nSPS) is 11.9. The minimum Gasteiger partial charge on any atom is -0.324 e. The van der Waals surface area contributed by atoms with Crippen LogP contribution < -0.4 is 11.1 Å². The molecule has 21 heavy (non-hydrogen) atoms. The van der Waals surface area contributed by atoms with Crippen LogP contribution in [0.3, 0.4) is 0 Å². The van der Waals surface area contributed by atoms with E-state index in [4.69, 9.17) is 5.73 Å². The molecule has 0 aliphatic rings. The highest BCUT2D eigenvalue weighted by Crippen LogP contribution is 2.18. The average molecular weight is 303 g/mol. The Morgan fingerprint density at radius 1 is 1.33 bits per heavy atom. The summed E-state index contributed by atoms with van der Waals surface area (Å²) in [6.45, 7) is 1.44. The maximum atomic E-state index is 11.8. The van der Waals surface area contributed by atoms with E-state index >= 15 is 0 Å². The van der Waals surface area contributed by atoms with Crippen LogP contribution >= 0.6 is 11.3 Å². The number of benzene rings is 1. The van der Waals surface area contributed by atoms with Crippen LogP contribution in [0, 0.1) is 0 Å². The van der Waals surface area contributed by atoms with Gasteiger partial charge in [0.25, 0.3) is 0 Å². The fourth-order valence-corrected chi connectivity index (χ4v) is 2.59. The lowest BCUT2D eigenvalue weighted by Gasteiger charge is -2.11. The molecule has 0 radical (unpaired) electrons. The molecule has 1 atom stereocenters. The first-order valence-corrected chi connectivity index (χ1v) is 7.51. The number of anilines is 1. The second-order valence-electron chi connectivity index (χ2n) is 4.70. The highest BCUT2D eigenvalue weighted by atomic mass is 32.1. The van der Waals surface area contributed by atoms with Crippen molar-refractivity contribution in [2.75, 3.05) is 5.32 Å². The Bertz CT molecular complexity index is 625. The first kappa shape index (κ1) is 15.3. The Morgan fingerprint density at radius 3 is 2.67 bits per heavy atom. The number of thiazole rings is 1. The van der Waals surface area contributed by atoms with Gasteiger partial charge in [0.05, 0.1) is 0 Å². The van der Waals surface area contributed by atoms with Gasteiger partial charge in [-0.05, 0) is 12.0 Å². The number of amides is 1. The van der Waals surface area contributed by atoms with E-state index in [0.29, 0.717) is 23.7 Å². The van der Waals surface area contributed by atoms with Gasteiger partial charge in [0.15, 0.2) is 10.9 Å². The van der Waals surface area contributed by atoms with Crippen molar-refractivity contribution >= 4 is 28.2 Å². The Hall–Kier alpha value is -2.05. The highest BCUT2D eigenvalue weighted by Gasteiger charge is 2.11. The lowest BCUT2D eigenvalue weighted by molar-refractivity contribution is -0.116. The monoisotopic (exact) mass is 303 g/mol. The van der Waals surface area contributed by atoms with E-state index < -0.39 is 0 Å². The Morgan fingerprint density at radius 2 is 2.05 bits per heavy atom. The number of hydrogen-bond acceptors (Lipinski definition) is 5. The number of nitrogens with two attached hydrogens (primary N) is 1. The van der Waals surface area contributed by atoms with Crippen LogP contribution in [0.1, 0.15) is 41.9 Å². The van der Waals surface area contributed by atoms with Gasteiger partial charge < -0.3 is 11.1 Å². The van der Waals surface area contributed by atoms with Crippen LogP contribution in [-0.2, 0) is 4.79 Å². The van der Waals surface area contributed by atoms with E-state index in [2.05, 4.69) is 10.3 Å². The van der Waals surface area contributed by atoms with Gasteiger partial charge in [-0.2, -0.15) is 0 Å². The number of nitrogens with zero attached hydrogens (tertiary/aromatic N) is 1. The average Bonchev–Trinajstić information content (AvgIpc) is 2.94. The Labute approximate surface area is 127 Å². The molecular formula is C15H17N3O2S. The summed E-state index contributed by atoms with van der Waals surface area (Å²) in [6, 6.07) is 9.51. The number of ketones is 1. The molecule has 1 aromatic carbocycles. The number of hydrogen-bond donors (Lipinski definition) is 2. The quantitative estimate of drug-likeness (QED) is 0.804. The van der Waals surface area contributed by atoms with Gasteiger partial charge in [0.2, 0.25) is 5.91 Å². The van der Waals surface area contributed by atoms with Crippen molar-refractivity contribution in [2.45, 2.75) is 25.8 Å². The maximum Gasteiger partial charge on any atom is 0.226 e. The van der Waals surface area contributed by atoms with Crippen LogP contribution in [0.5, 0.6) is 0 Å². The number of nitrogens with one attached hydrogen (secondary N) is 1. The van der Waals surface area contributed by atoms with Crippen molar-refractivity contribution in [1.29, 1.82) is 0 Å². The van der Waals surface area contributed by atoms with Gasteiger partial charge in [-0.3, -0.25) is 9.59 Å². The van der Waals surface area contributed by atoms with Crippen molar-refractivity contribution in [1.82, 2.24) is 4.98 Å². The van der Waals surface area contributed by atoms with Crippen LogP contribution in [0.15, 0.2) is 35.7 Å². The number of aromatic nitrogens is 1. The number of carbonyl (C=O) groups is 2. The fourth-order valence-electron chi connectivity index (χ4n) is 1.83. The SMILES string of the molecule is CC(=O)c1csc(NC(=O)CCC(N)c2ccccc2)n1. The molecule has 3 N–H and O–H groups in total. The van der Waals surface area contributed by atoms with Crippen molar-refractivity contribution in [2.24, 2.45) is 5.73 Å². The second kappa shape index (κ2) is 7.10. The molecular weight excluding hydrogens is 286 g/mol. The van der Waals surface area contributed by atoms with Crippen molar-refractivity contribution in [3.8, 4) is 0 Å². The molecule has 0 spiro atoms. The molecule has 0 bridgehead atoms. The number of carbonyl (C=O) groups excluding carboxylic acids is 2. The summed E-state index contributed by atoms with van der Waals surface area (Å²) in [4.78, 5) is 27.0. The van der Waals surface area contributed by atoms with Crippen molar-refractivity contribution in [3.63, 3.8) is 0 Å². The van der Waals surface area contributed by atoms with Gasteiger partial charge >= 0.3 is 0 Å². The molecule has 6 heteroatoms. The molecule has 1 heterocycles. The van der Waals surface area contributed by atoms with Crippen molar-refractivity contribution < 1.29 is 9.59 Å². The topological polar surface area (TPSA) is 85.1 Å². The minimum atomic E-state index is -0.166. The zero-order valence-corrected chi connectivity index (χ0v) is 12.5. The molecule has 2 rings (SSSR count). The van der Waals surface area contributed by atoms with Crippen LogP contribution in [0.2, 0.25) is 0 Å². The lowest BCUT2D eigenvalue weighted by Crippen LogP contribution is -2.16. The molecule has 0 saturated carbocycles. The molecule has 1 unspecified atom stereocenters. The first-order valence-electron chi connectivity index (χ1n) is 6.63. The molecule has 0 aliphatic carbocycles. The highest BCUT2D eigenvalue weighted by molar-refractivity contribution is 7.14. The molecule has 0 fully saturated rings. The predicted molar refractivity (Wildman–Crippen MR) is 83.4 cm³/mol. The van der Waals surface area contributed by atoms with E-state index in [1.165, 1.54) is 18.3 Å². The van der Waals surface area contributed by atoms with Gasteiger partial charge in [-0.1, -0.05) is 30.3 Å². The standard InChI is InChI=1S/C15H17N3O2S/c1-10(19)13-9-21-15(17-13)18-14(20)8-7-12(16)11-5-3-2-4-6-11/h2-6,9,12H,7-8,16H2,1H3,(H,17,18,20). The molecule has 2 aromatic rings. The van der Waals surface area contributed by atoms with Gasteiger partial charge in [-0.25, -0.2) is 4.98 Å². The maximum absolute atomic E-state index is 11.8. The summed E-state index contributed by atoms with van der Waals surface area (Å²) in [5.74, 6) is -0.260. The summed E-state index contributed by atoms with van der Waals surface area (Å²) in [5.41, 5.74) is 7.43. The van der Waals surface area contributed by atoms with Gasteiger partial charge in [0, 0.05) is 24.8 Å². The number of rotatable bonds is 6. The molecule has 0 saturated heterocycles. The fraction of sp³-hybridized carbons (Fsp3) is 0.267. The third-order valence-corrected chi connectivity index (χ3v) is 3.78. The van der Waals surface area contributed by atoms with Crippen LogP contribution in [-0.4, -0.2) is 16.7 Å². The second-order valence-corrected chi connectivity index (χ2v) is 5.56. The van der Waals surface area contributed by atoms with E-state index in [1.807, 2.05) is 30.3 Å². The smallest absolute Gasteiger partial charge is 0.226 e. The molecule has 1 aromatic heterocycles. The molecule has 1 amide bonds. The van der Waals surface area contributed by atoms with E-state index in [9.17, 15) is 9.59 Å². The largest absolute Gasteiger partial charge is 0.324 e. The Kier molecular flexibility index (Phi) is 5.19. The third kappa shape index (κ3) is 4.47. The number of Topliss-reactive ketones (excluding diaryl/α,β-unsaturated/α-hetero) is 1. The summed E-state index contributed by atoms with van der Waals surface area (Å²) in [5, 5.41) is 4.76.